The third-order valence-corrected chi connectivity index (χ3v) is 3.58. The maximum atomic E-state index is 13.5. The highest BCUT2D eigenvalue weighted by Crippen LogP contribution is 2.33. The number of hydrogen-bond donors (Lipinski definition) is 0. The van der Waals surface area contributed by atoms with Crippen LogP contribution in [0.1, 0.15) is 5.56 Å². The smallest absolute Gasteiger partial charge is 0.194 e. The molecule has 0 N–H and O–H groups in total. The standard InChI is InChI=1S/C19H13F3/c1-12-6-8-13(9-7-12)15-4-2-3-5-16(15)14-10-17(20)19(22)18(21)11-14/h2-11H,1H3. The lowest BCUT2D eigenvalue weighted by molar-refractivity contribution is 0.448. The molecule has 0 aliphatic carbocycles. The molecule has 0 unspecified atom stereocenters. The zero-order valence-corrected chi connectivity index (χ0v) is 11.9. The SMILES string of the molecule is Cc1ccc(-c2ccccc2-c2cc(F)c(F)c(F)c2)cc1. The number of aryl methyl sites for hydroxylation is 1. The van der Waals surface area contributed by atoms with Crippen molar-refractivity contribution < 1.29 is 13.2 Å². The average molecular weight is 298 g/mol. The van der Waals surface area contributed by atoms with Crippen molar-refractivity contribution >= 4 is 0 Å². The van der Waals surface area contributed by atoms with Crippen LogP contribution in [0, 0.1) is 24.4 Å². The molecule has 0 radical (unpaired) electrons. The van der Waals surface area contributed by atoms with E-state index in [2.05, 4.69) is 0 Å². The predicted molar refractivity (Wildman–Crippen MR) is 81.9 cm³/mol. The van der Waals surface area contributed by atoms with Crippen LogP contribution < -0.4 is 0 Å². The van der Waals surface area contributed by atoms with Gasteiger partial charge in [0, 0.05) is 0 Å². The molecule has 0 aliphatic rings. The van der Waals surface area contributed by atoms with Gasteiger partial charge in [0.1, 0.15) is 0 Å². The van der Waals surface area contributed by atoms with Gasteiger partial charge in [-0.25, -0.2) is 13.2 Å². The van der Waals surface area contributed by atoms with Crippen molar-refractivity contribution in [1.82, 2.24) is 0 Å². The minimum absolute atomic E-state index is 0.313. The summed E-state index contributed by atoms with van der Waals surface area (Å²) in [6.45, 7) is 1.99. The molecule has 0 bridgehead atoms. The van der Waals surface area contributed by atoms with E-state index >= 15 is 0 Å². The van der Waals surface area contributed by atoms with Crippen molar-refractivity contribution in [3.8, 4) is 22.3 Å². The molecule has 3 rings (SSSR count). The largest absolute Gasteiger partial charge is 0.204 e. The van der Waals surface area contributed by atoms with Gasteiger partial charge in [-0.05, 0) is 41.3 Å². The second-order valence-corrected chi connectivity index (χ2v) is 5.17. The van der Waals surface area contributed by atoms with Crippen LogP contribution in [0.4, 0.5) is 13.2 Å². The maximum Gasteiger partial charge on any atom is 0.194 e. The fourth-order valence-corrected chi connectivity index (χ4v) is 2.43. The van der Waals surface area contributed by atoms with Gasteiger partial charge in [0.2, 0.25) is 0 Å². The van der Waals surface area contributed by atoms with Crippen molar-refractivity contribution in [2.24, 2.45) is 0 Å². The lowest BCUT2D eigenvalue weighted by Gasteiger charge is -2.11. The van der Waals surface area contributed by atoms with E-state index in [4.69, 9.17) is 0 Å². The third kappa shape index (κ3) is 2.62. The molecular weight excluding hydrogens is 285 g/mol. The molecule has 3 aromatic carbocycles. The Balaban J connectivity index is 2.18. The molecule has 22 heavy (non-hydrogen) atoms. The first-order valence-corrected chi connectivity index (χ1v) is 6.87. The summed E-state index contributed by atoms with van der Waals surface area (Å²) in [6.07, 6.45) is 0. The van der Waals surface area contributed by atoms with E-state index < -0.39 is 17.5 Å². The Kier molecular flexibility index (Phi) is 3.72. The molecule has 3 aromatic rings. The molecule has 0 fully saturated rings. The number of halogens is 3. The van der Waals surface area contributed by atoms with Gasteiger partial charge < -0.3 is 0 Å². The van der Waals surface area contributed by atoms with E-state index in [1.165, 1.54) is 0 Å². The molecule has 0 spiro atoms. The van der Waals surface area contributed by atoms with Gasteiger partial charge in [-0.1, -0.05) is 54.1 Å². The van der Waals surface area contributed by atoms with E-state index in [0.717, 1.165) is 28.8 Å². The summed E-state index contributed by atoms with van der Waals surface area (Å²) in [6, 6.07) is 17.2. The fraction of sp³-hybridized carbons (Fsp3) is 0.0526. The summed E-state index contributed by atoms with van der Waals surface area (Å²) in [7, 11) is 0. The van der Waals surface area contributed by atoms with Crippen LogP contribution in [0.25, 0.3) is 22.3 Å². The topological polar surface area (TPSA) is 0 Å². The van der Waals surface area contributed by atoms with Crippen LogP contribution in [-0.4, -0.2) is 0 Å². The quantitative estimate of drug-likeness (QED) is 0.529. The minimum Gasteiger partial charge on any atom is -0.204 e. The highest BCUT2D eigenvalue weighted by molar-refractivity contribution is 5.83. The molecule has 0 heterocycles. The van der Waals surface area contributed by atoms with E-state index in [-0.39, 0.29) is 0 Å². The second-order valence-electron chi connectivity index (χ2n) is 5.17. The van der Waals surface area contributed by atoms with E-state index in [1.54, 1.807) is 12.1 Å². The molecule has 3 heteroatoms. The van der Waals surface area contributed by atoms with Gasteiger partial charge in [-0.2, -0.15) is 0 Å². The molecule has 0 saturated carbocycles. The Labute approximate surface area is 126 Å². The number of rotatable bonds is 2. The Hall–Kier alpha value is -2.55. The summed E-state index contributed by atoms with van der Waals surface area (Å²) >= 11 is 0. The lowest BCUT2D eigenvalue weighted by atomic mass is 9.94. The van der Waals surface area contributed by atoms with E-state index in [9.17, 15) is 13.2 Å². The highest BCUT2D eigenvalue weighted by atomic mass is 19.2. The normalized spacial score (nSPS) is 10.7. The van der Waals surface area contributed by atoms with Gasteiger partial charge >= 0.3 is 0 Å². The zero-order chi connectivity index (χ0) is 15.7. The van der Waals surface area contributed by atoms with Crippen LogP contribution in [0.2, 0.25) is 0 Å². The van der Waals surface area contributed by atoms with Gasteiger partial charge in [0.25, 0.3) is 0 Å². The lowest BCUT2D eigenvalue weighted by Crippen LogP contribution is -1.93. The monoisotopic (exact) mass is 298 g/mol. The molecule has 0 saturated heterocycles. The summed E-state index contributed by atoms with van der Waals surface area (Å²) in [4.78, 5) is 0. The number of benzene rings is 3. The highest BCUT2D eigenvalue weighted by Gasteiger charge is 2.14. The Morgan fingerprint density at radius 1 is 0.636 bits per heavy atom. The van der Waals surface area contributed by atoms with E-state index in [0.29, 0.717) is 11.1 Å². The Morgan fingerprint density at radius 2 is 1.14 bits per heavy atom. The van der Waals surface area contributed by atoms with Crippen LogP contribution in [0.5, 0.6) is 0 Å². The van der Waals surface area contributed by atoms with Crippen molar-refractivity contribution in [2.45, 2.75) is 6.92 Å². The molecule has 0 aliphatic heterocycles. The Morgan fingerprint density at radius 3 is 1.68 bits per heavy atom. The molecule has 0 nitrogen and oxygen atoms in total. The van der Waals surface area contributed by atoms with Crippen LogP contribution in [0.3, 0.4) is 0 Å². The summed E-state index contributed by atoms with van der Waals surface area (Å²) in [5, 5.41) is 0. The minimum atomic E-state index is -1.45. The van der Waals surface area contributed by atoms with Gasteiger partial charge in [0.05, 0.1) is 0 Å². The van der Waals surface area contributed by atoms with E-state index in [1.807, 2.05) is 43.3 Å². The van der Waals surface area contributed by atoms with Crippen molar-refractivity contribution in [3.63, 3.8) is 0 Å². The number of hydrogen-bond acceptors (Lipinski definition) is 0. The summed E-state index contributed by atoms with van der Waals surface area (Å²) in [5.74, 6) is -3.82. The van der Waals surface area contributed by atoms with Crippen molar-refractivity contribution in [3.05, 3.63) is 83.7 Å². The molecular formula is C19H13F3. The molecule has 110 valence electrons. The zero-order valence-electron chi connectivity index (χ0n) is 11.9. The van der Waals surface area contributed by atoms with Gasteiger partial charge in [-0.3, -0.25) is 0 Å². The summed E-state index contributed by atoms with van der Waals surface area (Å²) < 4.78 is 40.1. The van der Waals surface area contributed by atoms with Crippen molar-refractivity contribution in [1.29, 1.82) is 0 Å². The molecule has 0 atom stereocenters. The van der Waals surface area contributed by atoms with Crippen LogP contribution in [0.15, 0.2) is 60.7 Å². The third-order valence-electron chi connectivity index (χ3n) is 3.58. The second kappa shape index (κ2) is 5.68. The average Bonchev–Trinajstić information content (AvgIpc) is 2.53. The van der Waals surface area contributed by atoms with Gasteiger partial charge in [-0.15, -0.1) is 0 Å². The Bertz CT molecular complexity index is 797. The van der Waals surface area contributed by atoms with Crippen LogP contribution in [-0.2, 0) is 0 Å². The first-order valence-electron chi connectivity index (χ1n) is 6.87. The first-order chi connectivity index (χ1) is 10.6. The van der Waals surface area contributed by atoms with Crippen molar-refractivity contribution in [2.75, 3.05) is 0 Å². The molecule has 0 aromatic heterocycles. The fourth-order valence-electron chi connectivity index (χ4n) is 2.43. The van der Waals surface area contributed by atoms with Gasteiger partial charge in [0.15, 0.2) is 17.5 Å². The van der Waals surface area contributed by atoms with Crippen LogP contribution >= 0.6 is 0 Å². The maximum absolute atomic E-state index is 13.5. The summed E-state index contributed by atoms with van der Waals surface area (Å²) in [5.41, 5.74) is 3.87. The predicted octanol–water partition coefficient (Wildman–Crippen LogP) is 5.75. The first kappa shape index (κ1) is 14.4. The molecule has 0 amide bonds.